The lowest BCUT2D eigenvalue weighted by Gasteiger charge is -2.32. The number of hydrogen-bond acceptors (Lipinski definition) is 2. The van der Waals surface area contributed by atoms with Crippen LogP contribution >= 0.6 is 0 Å². The molecule has 1 unspecified atom stereocenters. The zero-order valence-electron chi connectivity index (χ0n) is 20.4. The van der Waals surface area contributed by atoms with Crippen LogP contribution in [0.1, 0.15) is 48.4 Å². The molecule has 0 bridgehead atoms. The van der Waals surface area contributed by atoms with Gasteiger partial charge in [0.2, 0.25) is 11.8 Å². The lowest BCUT2D eigenvalue weighted by molar-refractivity contribution is -0.141. The second-order valence-corrected chi connectivity index (χ2v) is 8.85. The van der Waals surface area contributed by atoms with E-state index in [0.29, 0.717) is 32.4 Å². The molecule has 3 rings (SSSR count). The number of nitrogens with one attached hydrogen (secondary N) is 1. The van der Waals surface area contributed by atoms with Crippen molar-refractivity contribution >= 4 is 11.8 Å². The summed E-state index contributed by atoms with van der Waals surface area (Å²) in [5.41, 5.74) is 4.34. The summed E-state index contributed by atoms with van der Waals surface area (Å²) < 4.78 is 0. The quantitative estimate of drug-likeness (QED) is 0.367. The molecule has 178 valence electrons. The van der Waals surface area contributed by atoms with E-state index >= 15 is 0 Å². The number of unbranched alkanes of at least 4 members (excludes halogenated alkanes) is 1. The number of amides is 2. The highest BCUT2D eigenvalue weighted by Crippen LogP contribution is 2.17. The molecule has 0 heterocycles. The topological polar surface area (TPSA) is 49.4 Å². The van der Waals surface area contributed by atoms with Crippen LogP contribution in [0.15, 0.2) is 84.9 Å². The number of rotatable bonds is 12. The van der Waals surface area contributed by atoms with Gasteiger partial charge < -0.3 is 10.2 Å². The van der Waals surface area contributed by atoms with E-state index in [4.69, 9.17) is 0 Å². The molecular weight excluding hydrogens is 420 g/mol. The summed E-state index contributed by atoms with van der Waals surface area (Å²) in [6, 6.07) is 27.6. The van der Waals surface area contributed by atoms with Crippen LogP contribution in [0.3, 0.4) is 0 Å². The Morgan fingerprint density at radius 1 is 0.853 bits per heavy atom. The summed E-state index contributed by atoms with van der Waals surface area (Å²) in [6.07, 6.45) is 3.43. The second-order valence-electron chi connectivity index (χ2n) is 8.85. The van der Waals surface area contributed by atoms with Gasteiger partial charge in [-0.2, -0.15) is 0 Å². The molecule has 3 aromatic carbocycles. The van der Waals surface area contributed by atoms with Crippen molar-refractivity contribution in [2.75, 3.05) is 6.54 Å². The van der Waals surface area contributed by atoms with Crippen LogP contribution in [-0.2, 0) is 29.0 Å². The van der Waals surface area contributed by atoms with Crippen LogP contribution in [0.5, 0.6) is 0 Å². The molecule has 0 fully saturated rings. The highest BCUT2D eigenvalue weighted by molar-refractivity contribution is 5.88. The third kappa shape index (κ3) is 7.87. The second kappa shape index (κ2) is 13.3. The van der Waals surface area contributed by atoms with E-state index in [0.717, 1.165) is 35.1 Å². The third-order valence-electron chi connectivity index (χ3n) is 6.01. The van der Waals surface area contributed by atoms with Gasteiger partial charge in [-0.25, -0.2) is 0 Å². The highest BCUT2D eigenvalue weighted by atomic mass is 16.2. The van der Waals surface area contributed by atoms with Crippen molar-refractivity contribution in [2.24, 2.45) is 0 Å². The molecule has 0 radical (unpaired) electrons. The SMILES string of the molecule is CCCCNC(=O)C(Cc1ccccc1)N(Cc1cccc(C)c1)C(=O)CCc1ccccc1. The van der Waals surface area contributed by atoms with Crippen molar-refractivity contribution in [3.63, 3.8) is 0 Å². The van der Waals surface area contributed by atoms with Gasteiger partial charge in [0.25, 0.3) is 0 Å². The van der Waals surface area contributed by atoms with E-state index in [2.05, 4.69) is 18.3 Å². The summed E-state index contributed by atoms with van der Waals surface area (Å²) in [5, 5.41) is 3.08. The first kappa shape index (κ1) is 25.2. The maximum absolute atomic E-state index is 13.6. The molecule has 0 aliphatic rings. The number of hydrogen-bond donors (Lipinski definition) is 1. The van der Waals surface area contributed by atoms with Crippen LogP contribution < -0.4 is 5.32 Å². The molecule has 34 heavy (non-hydrogen) atoms. The molecule has 0 aliphatic heterocycles. The molecule has 0 aliphatic carbocycles. The molecule has 0 saturated carbocycles. The molecule has 0 aromatic heterocycles. The van der Waals surface area contributed by atoms with Gasteiger partial charge in [0.05, 0.1) is 0 Å². The number of nitrogens with zero attached hydrogens (tertiary/aromatic N) is 1. The Kier molecular flexibility index (Phi) is 9.90. The molecule has 1 N–H and O–H groups in total. The van der Waals surface area contributed by atoms with Crippen LogP contribution in [0.4, 0.5) is 0 Å². The van der Waals surface area contributed by atoms with Gasteiger partial charge in [-0.3, -0.25) is 9.59 Å². The Morgan fingerprint density at radius 3 is 2.15 bits per heavy atom. The van der Waals surface area contributed by atoms with Crippen LogP contribution in [-0.4, -0.2) is 29.3 Å². The Labute approximate surface area is 204 Å². The van der Waals surface area contributed by atoms with E-state index in [1.165, 1.54) is 0 Å². The van der Waals surface area contributed by atoms with Crippen molar-refractivity contribution in [1.82, 2.24) is 10.2 Å². The minimum atomic E-state index is -0.567. The Bertz CT molecular complexity index is 1030. The number of carbonyl (C=O) groups is 2. The first-order valence-electron chi connectivity index (χ1n) is 12.3. The molecule has 2 amide bonds. The van der Waals surface area contributed by atoms with Gasteiger partial charge in [0, 0.05) is 25.9 Å². The van der Waals surface area contributed by atoms with Crippen LogP contribution in [0.2, 0.25) is 0 Å². The normalized spacial score (nSPS) is 11.6. The van der Waals surface area contributed by atoms with E-state index in [-0.39, 0.29) is 11.8 Å². The first-order valence-corrected chi connectivity index (χ1v) is 12.3. The van der Waals surface area contributed by atoms with Gasteiger partial charge in [0.15, 0.2) is 0 Å². The van der Waals surface area contributed by atoms with Gasteiger partial charge in [-0.05, 0) is 36.5 Å². The summed E-state index contributed by atoms with van der Waals surface area (Å²) >= 11 is 0. The Hall–Kier alpha value is -3.40. The minimum absolute atomic E-state index is 0.00284. The van der Waals surface area contributed by atoms with E-state index in [1.54, 1.807) is 4.90 Å². The smallest absolute Gasteiger partial charge is 0.243 e. The van der Waals surface area contributed by atoms with Crippen molar-refractivity contribution in [3.8, 4) is 0 Å². The van der Waals surface area contributed by atoms with Crippen molar-refractivity contribution < 1.29 is 9.59 Å². The number of benzene rings is 3. The zero-order chi connectivity index (χ0) is 24.2. The molecule has 3 aromatic rings. The monoisotopic (exact) mass is 456 g/mol. The summed E-state index contributed by atoms with van der Waals surface area (Å²) in [5.74, 6) is -0.0880. The first-order chi connectivity index (χ1) is 16.6. The fraction of sp³-hybridized carbons (Fsp3) is 0.333. The van der Waals surface area contributed by atoms with Crippen molar-refractivity contribution in [3.05, 3.63) is 107 Å². The predicted octanol–water partition coefficient (Wildman–Crippen LogP) is 5.48. The molecule has 0 spiro atoms. The predicted molar refractivity (Wildman–Crippen MR) is 138 cm³/mol. The fourth-order valence-corrected chi connectivity index (χ4v) is 4.11. The Morgan fingerprint density at radius 2 is 1.50 bits per heavy atom. The highest BCUT2D eigenvalue weighted by Gasteiger charge is 2.30. The molecule has 4 heteroatoms. The van der Waals surface area contributed by atoms with Gasteiger partial charge in [-0.1, -0.05) is 104 Å². The van der Waals surface area contributed by atoms with Crippen LogP contribution in [0, 0.1) is 6.92 Å². The standard InChI is InChI=1S/C30H36N2O2/c1-3-4-20-31-30(34)28(22-26-15-9-6-10-16-26)32(23-27-17-11-12-24(2)21-27)29(33)19-18-25-13-7-5-8-14-25/h5-17,21,28H,3-4,18-20,22-23H2,1-2H3,(H,31,34). The maximum atomic E-state index is 13.6. The lowest BCUT2D eigenvalue weighted by Crippen LogP contribution is -2.50. The van der Waals surface area contributed by atoms with Gasteiger partial charge in [-0.15, -0.1) is 0 Å². The summed E-state index contributed by atoms with van der Waals surface area (Å²) in [6.45, 7) is 5.18. The molecule has 4 nitrogen and oxygen atoms in total. The largest absolute Gasteiger partial charge is 0.354 e. The average Bonchev–Trinajstić information content (AvgIpc) is 2.86. The molecular formula is C30H36N2O2. The van der Waals surface area contributed by atoms with E-state index < -0.39 is 6.04 Å². The van der Waals surface area contributed by atoms with Crippen molar-refractivity contribution in [1.29, 1.82) is 0 Å². The fourth-order valence-electron chi connectivity index (χ4n) is 4.11. The van der Waals surface area contributed by atoms with Crippen molar-refractivity contribution in [2.45, 2.75) is 58.5 Å². The Balaban J connectivity index is 1.87. The summed E-state index contributed by atoms with van der Waals surface area (Å²) in [7, 11) is 0. The van der Waals surface area contributed by atoms with Crippen LogP contribution in [0.25, 0.3) is 0 Å². The number of carbonyl (C=O) groups excluding carboxylic acids is 2. The molecule has 0 saturated heterocycles. The average molecular weight is 457 g/mol. The van der Waals surface area contributed by atoms with Gasteiger partial charge in [0.1, 0.15) is 6.04 Å². The maximum Gasteiger partial charge on any atom is 0.243 e. The third-order valence-corrected chi connectivity index (χ3v) is 6.01. The van der Waals surface area contributed by atoms with E-state index in [9.17, 15) is 9.59 Å². The minimum Gasteiger partial charge on any atom is -0.354 e. The molecule has 1 atom stereocenters. The van der Waals surface area contributed by atoms with Gasteiger partial charge >= 0.3 is 0 Å². The van der Waals surface area contributed by atoms with E-state index in [1.807, 2.05) is 85.8 Å². The lowest BCUT2D eigenvalue weighted by atomic mass is 10.0. The summed E-state index contributed by atoms with van der Waals surface area (Å²) in [4.78, 5) is 28.8. The number of aryl methyl sites for hydroxylation is 2. The zero-order valence-corrected chi connectivity index (χ0v) is 20.4.